The fourth-order valence-electron chi connectivity index (χ4n) is 1.56. The third kappa shape index (κ3) is 3.49. The van der Waals surface area contributed by atoms with E-state index < -0.39 is 11.8 Å². The predicted molar refractivity (Wildman–Crippen MR) is 79.1 cm³/mol. The van der Waals surface area contributed by atoms with Gasteiger partial charge in [0.15, 0.2) is 0 Å². The maximum atomic E-state index is 13.5. The molecule has 0 heterocycles. The first kappa shape index (κ1) is 14.8. The normalized spacial score (nSPS) is 10.3. The number of hydrogen-bond donors (Lipinski definition) is 1. The van der Waals surface area contributed by atoms with E-state index in [0.29, 0.717) is 15.7 Å². The molecule has 2 aromatic carbocycles. The van der Waals surface area contributed by atoms with Crippen LogP contribution in [0.2, 0.25) is 5.02 Å². The summed E-state index contributed by atoms with van der Waals surface area (Å²) in [6.45, 7) is -0.178. The summed E-state index contributed by atoms with van der Waals surface area (Å²) < 4.78 is 19.2. The number of benzene rings is 2. The summed E-state index contributed by atoms with van der Waals surface area (Å²) in [6, 6.07) is 8.96. The first-order valence-electron chi connectivity index (χ1n) is 5.63. The van der Waals surface area contributed by atoms with Gasteiger partial charge in [0.2, 0.25) is 0 Å². The molecule has 20 heavy (non-hydrogen) atoms. The lowest BCUT2D eigenvalue weighted by molar-refractivity contribution is 0.0468. The molecule has 0 amide bonds. The molecule has 2 N–H and O–H groups in total. The molecule has 0 fully saturated rings. The molecule has 0 aliphatic heterocycles. The molecule has 0 atom stereocenters. The summed E-state index contributed by atoms with van der Waals surface area (Å²) in [7, 11) is 0. The summed E-state index contributed by atoms with van der Waals surface area (Å²) in [4.78, 5) is 11.9. The Balaban J connectivity index is 2.10. The van der Waals surface area contributed by atoms with Gasteiger partial charge in [-0.25, -0.2) is 9.18 Å². The van der Waals surface area contributed by atoms with E-state index in [1.165, 1.54) is 24.3 Å². The maximum Gasteiger partial charge on any atom is 0.339 e. The molecule has 0 aliphatic rings. The summed E-state index contributed by atoms with van der Waals surface area (Å²) in [5.74, 6) is -1.10. The molecule has 6 heteroatoms. The molecule has 0 aliphatic carbocycles. The van der Waals surface area contributed by atoms with Gasteiger partial charge in [-0.3, -0.25) is 0 Å². The maximum absolute atomic E-state index is 13.5. The molecule has 104 valence electrons. The molecule has 0 spiro atoms. The van der Waals surface area contributed by atoms with Crippen LogP contribution >= 0.6 is 27.5 Å². The molecule has 0 aromatic heterocycles. The van der Waals surface area contributed by atoms with Crippen molar-refractivity contribution in [2.45, 2.75) is 6.61 Å². The monoisotopic (exact) mass is 357 g/mol. The second kappa shape index (κ2) is 6.24. The number of carbonyl (C=O) groups excluding carboxylic acids is 1. The number of halogens is 3. The predicted octanol–water partition coefficient (Wildman–Crippen LogP) is 4.18. The van der Waals surface area contributed by atoms with Gasteiger partial charge in [-0.1, -0.05) is 17.7 Å². The van der Waals surface area contributed by atoms with Crippen LogP contribution in [0.3, 0.4) is 0 Å². The average Bonchev–Trinajstić information content (AvgIpc) is 2.40. The highest BCUT2D eigenvalue weighted by Gasteiger charge is 2.13. The van der Waals surface area contributed by atoms with Crippen LogP contribution in [-0.2, 0) is 11.3 Å². The zero-order valence-electron chi connectivity index (χ0n) is 10.2. The number of hydrogen-bond acceptors (Lipinski definition) is 3. The van der Waals surface area contributed by atoms with E-state index in [9.17, 15) is 9.18 Å². The van der Waals surface area contributed by atoms with Crippen molar-refractivity contribution in [3.63, 3.8) is 0 Å². The van der Waals surface area contributed by atoms with E-state index in [-0.39, 0.29) is 17.2 Å². The van der Waals surface area contributed by atoms with Crippen LogP contribution < -0.4 is 5.73 Å². The van der Waals surface area contributed by atoms with Gasteiger partial charge in [0.25, 0.3) is 0 Å². The molecule has 0 bridgehead atoms. The Hall–Kier alpha value is -1.59. The van der Waals surface area contributed by atoms with E-state index in [4.69, 9.17) is 22.1 Å². The van der Waals surface area contributed by atoms with Gasteiger partial charge in [0, 0.05) is 20.7 Å². The number of esters is 1. The standard InChI is InChI=1S/C14H10BrClFNO2/c15-12-4-3-10(18)6-11(12)14(19)20-7-8-1-2-9(16)5-13(8)17/h1-6H,7,18H2. The largest absolute Gasteiger partial charge is 0.457 e. The second-order valence-electron chi connectivity index (χ2n) is 4.05. The van der Waals surface area contributed by atoms with Crippen LogP contribution in [0, 0.1) is 5.82 Å². The lowest BCUT2D eigenvalue weighted by atomic mass is 10.2. The van der Waals surface area contributed by atoms with Crippen LogP contribution in [0.25, 0.3) is 0 Å². The van der Waals surface area contributed by atoms with Crippen molar-refractivity contribution in [3.8, 4) is 0 Å². The highest BCUT2D eigenvalue weighted by Crippen LogP contribution is 2.21. The Bertz CT molecular complexity index is 664. The number of carbonyl (C=O) groups is 1. The van der Waals surface area contributed by atoms with Gasteiger partial charge < -0.3 is 10.5 Å². The minimum Gasteiger partial charge on any atom is -0.457 e. The lowest BCUT2D eigenvalue weighted by Gasteiger charge is -2.08. The first-order valence-corrected chi connectivity index (χ1v) is 6.80. The van der Waals surface area contributed by atoms with Gasteiger partial charge in [-0.2, -0.15) is 0 Å². The molecule has 2 rings (SSSR count). The third-order valence-electron chi connectivity index (χ3n) is 2.58. The van der Waals surface area contributed by atoms with Crippen LogP contribution in [0.5, 0.6) is 0 Å². The Morgan fingerprint density at radius 3 is 2.75 bits per heavy atom. The van der Waals surface area contributed by atoms with E-state index in [2.05, 4.69) is 15.9 Å². The van der Waals surface area contributed by atoms with Crippen molar-refractivity contribution in [2.75, 3.05) is 5.73 Å². The molecule has 0 unspecified atom stereocenters. The highest BCUT2D eigenvalue weighted by atomic mass is 79.9. The van der Waals surface area contributed by atoms with E-state index in [1.807, 2.05) is 0 Å². The number of nitrogens with two attached hydrogens (primary N) is 1. The molecule has 3 nitrogen and oxygen atoms in total. The topological polar surface area (TPSA) is 52.3 Å². The highest BCUT2D eigenvalue weighted by molar-refractivity contribution is 9.10. The number of ether oxygens (including phenoxy) is 1. The molecule has 0 saturated heterocycles. The SMILES string of the molecule is Nc1ccc(Br)c(C(=O)OCc2ccc(Cl)cc2F)c1. The quantitative estimate of drug-likeness (QED) is 0.661. The minimum absolute atomic E-state index is 0.178. The Kier molecular flexibility index (Phi) is 4.62. The van der Waals surface area contributed by atoms with E-state index in [1.54, 1.807) is 12.1 Å². The Morgan fingerprint density at radius 2 is 2.05 bits per heavy atom. The fourth-order valence-corrected chi connectivity index (χ4v) is 2.13. The van der Waals surface area contributed by atoms with Crippen LogP contribution in [0.4, 0.5) is 10.1 Å². The minimum atomic E-state index is -0.585. The summed E-state index contributed by atoms with van der Waals surface area (Å²) in [6.07, 6.45) is 0. The second-order valence-corrected chi connectivity index (χ2v) is 5.34. The summed E-state index contributed by atoms with van der Waals surface area (Å²) in [5.41, 5.74) is 6.60. The fraction of sp³-hybridized carbons (Fsp3) is 0.0714. The van der Waals surface area contributed by atoms with Gasteiger partial charge in [-0.15, -0.1) is 0 Å². The van der Waals surface area contributed by atoms with Crippen molar-refractivity contribution < 1.29 is 13.9 Å². The summed E-state index contributed by atoms with van der Waals surface area (Å²) in [5, 5.41) is 0.288. The average molecular weight is 359 g/mol. The van der Waals surface area contributed by atoms with Crippen molar-refractivity contribution in [3.05, 3.63) is 62.8 Å². The van der Waals surface area contributed by atoms with Gasteiger partial charge in [0.1, 0.15) is 12.4 Å². The zero-order valence-corrected chi connectivity index (χ0v) is 12.5. The zero-order chi connectivity index (χ0) is 14.7. The van der Waals surface area contributed by atoms with Crippen LogP contribution in [-0.4, -0.2) is 5.97 Å². The molecular formula is C14H10BrClFNO2. The van der Waals surface area contributed by atoms with Crippen molar-refractivity contribution >= 4 is 39.2 Å². The molecule has 0 saturated carbocycles. The number of nitrogen functional groups attached to an aromatic ring is 1. The number of anilines is 1. The summed E-state index contributed by atoms with van der Waals surface area (Å²) >= 11 is 8.88. The van der Waals surface area contributed by atoms with Gasteiger partial charge >= 0.3 is 5.97 Å². The lowest BCUT2D eigenvalue weighted by Crippen LogP contribution is -2.07. The van der Waals surface area contributed by atoms with E-state index in [0.717, 1.165) is 0 Å². The Labute approximate surface area is 128 Å². The van der Waals surface area contributed by atoms with E-state index >= 15 is 0 Å². The third-order valence-corrected chi connectivity index (χ3v) is 3.51. The first-order chi connectivity index (χ1) is 9.47. The van der Waals surface area contributed by atoms with Gasteiger partial charge in [-0.05, 0) is 46.3 Å². The Morgan fingerprint density at radius 1 is 1.30 bits per heavy atom. The smallest absolute Gasteiger partial charge is 0.339 e. The number of rotatable bonds is 3. The van der Waals surface area contributed by atoms with Crippen LogP contribution in [0.15, 0.2) is 40.9 Å². The molecular weight excluding hydrogens is 349 g/mol. The van der Waals surface area contributed by atoms with Crippen molar-refractivity contribution in [2.24, 2.45) is 0 Å². The van der Waals surface area contributed by atoms with Crippen molar-refractivity contribution in [1.82, 2.24) is 0 Å². The van der Waals surface area contributed by atoms with Gasteiger partial charge in [0.05, 0.1) is 5.56 Å². The van der Waals surface area contributed by atoms with Crippen LogP contribution in [0.1, 0.15) is 15.9 Å². The van der Waals surface area contributed by atoms with Crippen molar-refractivity contribution in [1.29, 1.82) is 0 Å². The molecule has 0 radical (unpaired) electrons. The molecule has 2 aromatic rings.